The number of carbonyl (C=O) groups excluding carboxylic acids is 2. The van der Waals surface area contributed by atoms with E-state index in [1.54, 1.807) is 6.07 Å². The van der Waals surface area contributed by atoms with Crippen molar-refractivity contribution in [3.63, 3.8) is 0 Å². The van der Waals surface area contributed by atoms with Crippen molar-refractivity contribution in [1.29, 1.82) is 0 Å². The van der Waals surface area contributed by atoms with E-state index in [0.717, 1.165) is 16.3 Å². The number of hydrogen-bond acceptors (Lipinski definition) is 4. The third-order valence-corrected chi connectivity index (χ3v) is 4.98. The van der Waals surface area contributed by atoms with Crippen molar-refractivity contribution in [3.05, 3.63) is 83.2 Å². The fourth-order valence-corrected chi connectivity index (χ4v) is 3.51. The van der Waals surface area contributed by atoms with Gasteiger partial charge >= 0.3 is 5.97 Å². The molecule has 1 heterocycles. The van der Waals surface area contributed by atoms with Crippen LogP contribution in [0.15, 0.2) is 60.7 Å². The van der Waals surface area contributed by atoms with Crippen LogP contribution < -0.4 is 11.1 Å². The molecule has 0 spiro atoms. The molecule has 4 rings (SSSR count). The lowest BCUT2D eigenvalue weighted by Gasteiger charge is -2.26. The Morgan fingerprint density at radius 3 is 2.71 bits per heavy atom. The second-order valence-corrected chi connectivity index (χ2v) is 6.78. The van der Waals surface area contributed by atoms with Gasteiger partial charge in [-0.3, -0.25) is 4.79 Å². The second-order valence-electron chi connectivity index (χ2n) is 6.78. The number of cyclic esters (lactones) is 1. The Bertz CT molecular complexity index is 1070. The smallest absolute Gasteiger partial charge is 0.342 e. The van der Waals surface area contributed by atoms with E-state index in [-0.39, 0.29) is 18.5 Å². The zero-order valence-electron chi connectivity index (χ0n) is 15.0. The quantitative estimate of drug-likeness (QED) is 0.684. The molecule has 28 heavy (non-hydrogen) atoms. The second kappa shape index (κ2) is 7.40. The first kappa shape index (κ1) is 18.1. The summed E-state index contributed by atoms with van der Waals surface area (Å²) in [5.41, 5.74) is 7.11. The van der Waals surface area contributed by atoms with Gasteiger partial charge in [-0.05, 0) is 34.0 Å². The lowest BCUT2D eigenvalue weighted by molar-refractivity contribution is -0.131. The van der Waals surface area contributed by atoms with Crippen LogP contribution in [-0.4, -0.2) is 24.5 Å². The minimum absolute atomic E-state index is 0.101. The van der Waals surface area contributed by atoms with E-state index in [4.69, 9.17) is 10.5 Å². The molecular weight excluding hydrogens is 359 g/mol. The summed E-state index contributed by atoms with van der Waals surface area (Å²) < 4.78 is 19.0. The molecule has 0 saturated heterocycles. The Hall–Kier alpha value is -3.25. The average Bonchev–Trinajstić information content (AvgIpc) is 2.71. The standard InChI is InChI=1S/C22H19FN2O3/c23-17-7-3-6-16-11-19(28-22(27)20(16)17)21(26)25-18(12-24)15-9-8-13-4-1-2-5-14(13)10-15/h1-10,18-19H,11-12,24H2,(H,25,26). The van der Waals surface area contributed by atoms with Crippen molar-refractivity contribution in [1.82, 2.24) is 5.32 Å². The van der Waals surface area contributed by atoms with Crippen LogP contribution in [0.5, 0.6) is 0 Å². The minimum atomic E-state index is -1.02. The molecule has 142 valence electrons. The van der Waals surface area contributed by atoms with Crippen molar-refractivity contribution in [2.45, 2.75) is 18.6 Å². The summed E-state index contributed by atoms with van der Waals surface area (Å²) in [4.78, 5) is 24.8. The Morgan fingerprint density at radius 2 is 1.93 bits per heavy atom. The van der Waals surface area contributed by atoms with Gasteiger partial charge in [-0.2, -0.15) is 0 Å². The molecule has 1 aliphatic rings. The summed E-state index contributed by atoms with van der Waals surface area (Å²) in [6, 6.07) is 17.7. The van der Waals surface area contributed by atoms with Crippen LogP contribution in [0.3, 0.4) is 0 Å². The highest BCUT2D eigenvalue weighted by atomic mass is 19.1. The maximum Gasteiger partial charge on any atom is 0.342 e. The number of fused-ring (bicyclic) bond motifs is 2. The number of nitrogens with one attached hydrogen (secondary N) is 1. The van der Waals surface area contributed by atoms with E-state index in [0.29, 0.717) is 5.56 Å². The normalized spacial score (nSPS) is 16.9. The van der Waals surface area contributed by atoms with Gasteiger partial charge in [-0.15, -0.1) is 0 Å². The lowest BCUT2D eigenvalue weighted by Crippen LogP contribution is -2.44. The van der Waals surface area contributed by atoms with Crippen LogP contribution in [-0.2, 0) is 16.0 Å². The highest BCUT2D eigenvalue weighted by Crippen LogP contribution is 2.25. The Morgan fingerprint density at radius 1 is 1.14 bits per heavy atom. The molecule has 3 aromatic rings. The van der Waals surface area contributed by atoms with E-state index < -0.39 is 29.8 Å². The molecule has 1 amide bonds. The van der Waals surface area contributed by atoms with Crippen molar-refractivity contribution in [2.75, 3.05) is 6.54 Å². The summed E-state index contributed by atoms with van der Waals surface area (Å²) >= 11 is 0. The Labute approximate surface area is 161 Å². The maximum atomic E-state index is 13.8. The number of nitrogens with two attached hydrogens (primary N) is 1. The summed E-state index contributed by atoms with van der Waals surface area (Å²) in [7, 11) is 0. The summed E-state index contributed by atoms with van der Waals surface area (Å²) in [6.07, 6.45) is -0.893. The first-order valence-corrected chi connectivity index (χ1v) is 9.04. The van der Waals surface area contributed by atoms with Crippen LogP contribution in [0.4, 0.5) is 4.39 Å². The summed E-state index contributed by atoms with van der Waals surface area (Å²) in [6.45, 7) is 0.190. The highest BCUT2D eigenvalue weighted by molar-refractivity contribution is 5.96. The molecule has 1 aliphatic heterocycles. The van der Waals surface area contributed by atoms with Crippen molar-refractivity contribution in [2.24, 2.45) is 5.73 Å². The third kappa shape index (κ3) is 3.34. The zero-order valence-corrected chi connectivity index (χ0v) is 15.0. The minimum Gasteiger partial charge on any atom is -0.448 e. The molecule has 3 aromatic carbocycles. The molecule has 2 unspecified atom stereocenters. The molecule has 2 atom stereocenters. The molecule has 0 radical (unpaired) electrons. The van der Waals surface area contributed by atoms with Crippen LogP contribution in [0.2, 0.25) is 0 Å². The van der Waals surface area contributed by atoms with Crippen molar-refractivity contribution in [3.8, 4) is 0 Å². The summed E-state index contributed by atoms with van der Waals surface area (Å²) in [5, 5.41) is 4.98. The van der Waals surface area contributed by atoms with Gasteiger partial charge in [0.1, 0.15) is 5.82 Å². The number of benzene rings is 3. The van der Waals surface area contributed by atoms with Gasteiger partial charge in [-0.1, -0.05) is 48.5 Å². The number of amides is 1. The Balaban J connectivity index is 1.54. The molecule has 0 aromatic heterocycles. The van der Waals surface area contributed by atoms with Gasteiger partial charge in [0.2, 0.25) is 0 Å². The number of esters is 1. The van der Waals surface area contributed by atoms with Gasteiger partial charge < -0.3 is 15.8 Å². The molecule has 0 fully saturated rings. The van der Waals surface area contributed by atoms with Crippen LogP contribution in [0, 0.1) is 5.82 Å². The highest BCUT2D eigenvalue weighted by Gasteiger charge is 2.34. The number of hydrogen-bond donors (Lipinski definition) is 2. The molecule has 3 N–H and O–H groups in total. The number of halogens is 1. The maximum absolute atomic E-state index is 13.8. The van der Waals surface area contributed by atoms with Crippen molar-refractivity contribution < 1.29 is 18.7 Å². The Kier molecular flexibility index (Phi) is 4.79. The van der Waals surface area contributed by atoms with Crippen LogP contribution in [0.25, 0.3) is 10.8 Å². The van der Waals surface area contributed by atoms with E-state index in [2.05, 4.69) is 5.32 Å². The number of rotatable bonds is 4. The third-order valence-electron chi connectivity index (χ3n) is 4.98. The number of carbonyl (C=O) groups is 2. The van der Waals surface area contributed by atoms with E-state index in [9.17, 15) is 14.0 Å². The first-order chi connectivity index (χ1) is 13.6. The van der Waals surface area contributed by atoms with Crippen molar-refractivity contribution >= 4 is 22.6 Å². The zero-order chi connectivity index (χ0) is 19.7. The SMILES string of the molecule is NCC(NC(=O)C1Cc2cccc(F)c2C(=O)O1)c1ccc2ccccc2c1. The van der Waals surface area contributed by atoms with Gasteiger partial charge in [-0.25, -0.2) is 9.18 Å². The summed E-state index contributed by atoms with van der Waals surface area (Å²) in [5.74, 6) is -1.92. The molecule has 6 heteroatoms. The van der Waals surface area contributed by atoms with Gasteiger partial charge in [0.15, 0.2) is 6.10 Å². The molecular formula is C22H19FN2O3. The monoisotopic (exact) mass is 378 g/mol. The molecule has 5 nitrogen and oxygen atoms in total. The first-order valence-electron chi connectivity index (χ1n) is 9.04. The average molecular weight is 378 g/mol. The van der Waals surface area contributed by atoms with Gasteiger partial charge in [0.05, 0.1) is 11.6 Å². The largest absolute Gasteiger partial charge is 0.448 e. The van der Waals surface area contributed by atoms with Gasteiger partial charge in [0.25, 0.3) is 5.91 Å². The fourth-order valence-electron chi connectivity index (χ4n) is 3.51. The van der Waals surface area contributed by atoms with Gasteiger partial charge in [0, 0.05) is 13.0 Å². The predicted octanol–water partition coefficient (Wildman–Crippen LogP) is 2.88. The number of ether oxygens (including phenoxy) is 1. The van der Waals surface area contributed by atoms with Crippen LogP contribution in [0.1, 0.15) is 27.5 Å². The van der Waals surface area contributed by atoms with E-state index in [1.807, 2.05) is 42.5 Å². The molecule has 0 bridgehead atoms. The molecule has 0 saturated carbocycles. The topological polar surface area (TPSA) is 81.4 Å². The van der Waals surface area contributed by atoms with Crippen LogP contribution >= 0.6 is 0 Å². The predicted molar refractivity (Wildman–Crippen MR) is 103 cm³/mol. The fraction of sp³-hybridized carbons (Fsp3) is 0.182. The lowest BCUT2D eigenvalue weighted by atomic mass is 9.97. The molecule has 0 aliphatic carbocycles. The van der Waals surface area contributed by atoms with E-state index >= 15 is 0 Å². The van der Waals surface area contributed by atoms with E-state index in [1.165, 1.54) is 12.1 Å².